The molecule has 0 saturated carbocycles. The molecule has 4 rings (SSSR count). The van der Waals surface area contributed by atoms with Gasteiger partial charge < -0.3 is 4.98 Å². The lowest BCUT2D eigenvalue weighted by Gasteiger charge is -2.19. The zero-order chi connectivity index (χ0) is 20.2. The van der Waals surface area contributed by atoms with Crippen LogP contribution in [0.3, 0.4) is 0 Å². The topological polar surface area (TPSA) is 57.8 Å². The lowest BCUT2D eigenvalue weighted by molar-refractivity contribution is 0.593. The maximum absolute atomic E-state index is 12.4. The van der Waals surface area contributed by atoms with E-state index in [4.69, 9.17) is 0 Å². The molecule has 2 aromatic heterocycles. The highest BCUT2D eigenvalue weighted by Crippen LogP contribution is 2.28. The van der Waals surface area contributed by atoms with E-state index in [9.17, 15) is 4.79 Å². The minimum atomic E-state index is -0.0991. The molecule has 0 saturated heterocycles. The van der Waals surface area contributed by atoms with Crippen molar-refractivity contribution in [3.8, 4) is 0 Å². The van der Waals surface area contributed by atoms with Gasteiger partial charge in [-0.1, -0.05) is 56.3 Å². The molecule has 2 heterocycles. The van der Waals surface area contributed by atoms with Crippen molar-refractivity contribution in [2.75, 3.05) is 0 Å². The van der Waals surface area contributed by atoms with Crippen LogP contribution in [-0.4, -0.2) is 9.97 Å². The third-order valence-electron chi connectivity index (χ3n) is 5.41. The first-order chi connectivity index (χ1) is 14.2. The SMILES string of the molecule is CC[C@H](C)c1ccc([C@@H](NCc2nc3ccccc3c(=O)[nH]2)c2cccs2)cc1. The summed E-state index contributed by atoms with van der Waals surface area (Å²) in [4.78, 5) is 21.1. The number of hydrogen-bond acceptors (Lipinski definition) is 4. The summed E-state index contributed by atoms with van der Waals surface area (Å²) < 4.78 is 0. The van der Waals surface area contributed by atoms with Gasteiger partial charge in [0.25, 0.3) is 5.56 Å². The normalized spacial score (nSPS) is 13.4. The molecule has 4 aromatic rings. The second kappa shape index (κ2) is 8.72. The summed E-state index contributed by atoms with van der Waals surface area (Å²) in [5, 5.41) is 6.30. The molecule has 2 atom stereocenters. The van der Waals surface area contributed by atoms with Crippen LogP contribution in [0.1, 0.15) is 54.1 Å². The Labute approximate surface area is 174 Å². The van der Waals surface area contributed by atoms with E-state index >= 15 is 0 Å². The molecule has 0 amide bonds. The van der Waals surface area contributed by atoms with Gasteiger partial charge in [-0.3, -0.25) is 10.1 Å². The van der Waals surface area contributed by atoms with Gasteiger partial charge in [0.15, 0.2) is 0 Å². The Morgan fingerprint density at radius 1 is 1.03 bits per heavy atom. The van der Waals surface area contributed by atoms with Gasteiger partial charge in [0.1, 0.15) is 5.82 Å². The average Bonchev–Trinajstić information content (AvgIpc) is 3.28. The Kier molecular flexibility index (Phi) is 5.88. The Morgan fingerprint density at radius 3 is 2.52 bits per heavy atom. The second-order valence-electron chi connectivity index (χ2n) is 7.34. The van der Waals surface area contributed by atoms with Crippen LogP contribution in [0.5, 0.6) is 0 Å². The predicted octanol–water partition coefficient (Wildman–Crippen LogP) is 5.38. The highest BCUT2D eigenvalue weighted by molar-refractivity contribution is 7.10. The molecule has 2 aromatic carbocycles. The third kappa shape index (κ3) is 4.31. The molecule has 2 N–H and O–H groups in total. The smallest absolute Gasteiger partial charge is 0.258 e. The number of hydrogen-bond donors (Lipinski definition) is 2. The van der Waals surface area contributed by atoms with Crippen LogP contribution in [0.25, 0.3) is 10.9 Å². The van der Waals surface area contributed by atoms with Gasteiger partial charge in [-0.15, -0.1) is 11.3 Å². The lowest BCUT2D eigenvalue weighted by Crippen LogP contribution is -2.24. The summed E-state index contributed by atoms with van der Waals surface area (Å²) in [5.74, 6) is 1.20. The number of nitrogens with zero attached hydrogens (tertiary/aromatic N) is 1. The fraction of sp³-hybridized carbons (Fsp3) is 0.250. The van der Waals surface area contributed by atoms with E-state index < -0.39 is 0 Å². The maximum Gasteiger partial charge on any atom is 0.258 e. The lowest BCUT2D eigenvalue weighted by atomic mass is 9.95. The minimum absolute atomic E-state index is 0.0535. The largest absolute Gasteiger partial charge is 0.309 e. The molecule has 0 aliphatic rings. The third-order valence-corrected chi connectivity index (χ3v) is 6.35. The monoisotopic (exact) mass is 403 g/mol. The quantitative estimate of drug-likeness (QED) is 0.436. The maximum atomic E-state index is 12.4. The summed E-state index contributed by atoms with van der Waals surface area (Å²) in [5.41, 5.74) is 3.20. The number of nitrogens with one attached hydrogen (secondary N) is 2. The van der Waals surface area contributed by atoms with Crippen LogP contribution in [0.4, 0.5) is 0 Å². The van der Waals surface area contributed by atoms with Crippen LogP contribution < -0.4 is 10.9 Å². The minimum Gasteiger partial charge on any atom is -0.309 e. The van der Waals surface area contributed by atoms with Crippen molar-refractivity contribution in [3.63, 3.8) is 0 Å². The van der Waals surface area contributed by atoms with Gasteiger partial charge in [-0.25, -0.2) is 4.98 Å². The molecule has 0 unspecified atom stereocenters. The summed E-state index contributed by atoms with van der Waals surface area (Å²) in [6.45, 7) is 4.95. The van der Waals surface area contributed by atoms with E-state index in [1.807, 2.05) is 18.2 Å². The summed E-state index contributed by atoms with van der Waals surface area (Å²) in [6.07, 6.45) is 1.13. The molecular weight excluding hydrogens is 378 g/mol. The summed E-state index contributed by atoms with van der Waals surface area (Å²) in [7, 11) is 0. The standard InChI is InChI=1S/C24H25N3OS/c1-3-16(2)17-10-12-18(13-11-17)23(21-9-6-14-29-21)25-15-22-26-20-8-5-4-7-19(20)24(28)27-22/h4-14,16,23,25H,3,15H2,1-2H3,(H,26,27,28)/t16-,23+/m0/s1. The zero-order valence-corrected chi connectivity index (χ0v) is 17.5. The molecular formula is C24H25N3OS. The molecule has 148 valence electrons. The zero-order valence-electron chi connectivity index (χ0n) is 16.7. The molecule has 0 aliphatic heterocycles. The van der Waals surface area contributed by atoms with Gasteiger partial charge in [0.05, 0.1) is 23.5 Å². The number of rotatable bonds is 7. The van der Waals surface area contributed by atoms with Gasteiger partial charge in [0, 0.05) is 4.88 Å². The molecule has 5 heteroatoms. The van der Waals surface area contributed by atoms with E-state index in [2.05, 4.69) is 70.9 Å². The van der Waals surface area contributed by atoms with Crippen LogP contribution in [0, 0.1) is 0 Å². The molecule has 0 aliphatic carbocycles. The van der Waals surface area contributed by atoms with E-state index in [1.54, 1.807) is 17.4 Å². The Bertz CT molecular complexity index is 1130. The Balaban J connectivity index is 1.60. The average molecular weight is 404 g/mol. The first-order valence-electron chi connectivity index (χ1n) is 10.00. The van der Waals surface area contributed by atoms with Crippen LogP contribution in [0.2, 0.25) is 0 Å². The van der Waals surface area contributed by atoms with Crippen LogP contribution in [0.15, 0.2) is 70.8 Å². The number of fused-ring (bicyclic) bond motifs is 1. The molecule has 0 fully saturated rings. The molecule has 0 spiro atoms. The first kappa shape index (κ1) is 19.6. The van der Waals surface area contributed by atoms with E-state index in [-0.39, 0.29) is 11.6 Å². The van der Waals surface area contributed by atoms with E-state index in [1.165, 1.54) is 16.0 Å². The van der Waals surface area contributed by atoms with Crippen LogP contribution >= 0.6 is 11.3 Å². The second-order valence-corrected chi connectivity index (χ2v) is 8.31. The van der Waals surface area contributed by atoms with Gasteiger partial charge in [-0.2, -0.15) is 0 Å². The highest BCUT2D eigenvalue weighted by Gasteiger charge is 2.16. The van der Waals surface area contributed by atoms with Crippen molar-refractivity contribution >= 4 is 22.2 Å². The van der Waals surface area contributed by atoms with E-state index in [0.29, 0.717) is 23.7 Å². The van der Waals surface area contributed by atoms with Gasteiger partial charge >= 0.3 is 0 Å². The number of benzene rings is 2. The fourth-order valence-corrected chi connectivity index (χ4v) is 4.34. The van der Waals surface area contributed by atoms with Crippen molar-refractivity contribution < 1.29 is 0 Å². The van der Waals surface area contributed by atoms with Crippen molar-refractivity contribution in [1.29, 1.82) is 0 Å². The van der Waals surface area contributed by atoms with Crippen molar-refractivity contribution in [2.24, 2.45) is 0 Å². The predicted molar refractivity (Wildman–Crippen MR) is 121 cm³/mol. The Hall–Kier alpha value is -2.76. The summed E-state index contributed by atoms with van der Waals surface area (Å²) in [6, 6.07) is 20.5. The van der Waals surface area contributed by atoms with Crippen LogP contribution in [-0.2, 0) is 6.54 Å². The van der Waals surface area contributed by atoms with Crippen molar-refractivity contribution in [3.05, 3.63) is 98.2 Å². The number of H-pyrrole nitrogens is 1. The van der Waals surface area contributed by atoms with Gasteiger partial charge in [0.2, 0.25) is 0 Å². The van der Waals surface area contributed by atoms with E-state index in [0.717, 1.165) is 11.9 Å². The molecule has 0 bridgehead atoms. The number of aromatic amines is 1. The number of aromatic nitrogens is 2. The van der Waals surface area contributed by atoms with Crippen molar-refractivity contribution in [1.82, 2.24) is 15.3 Å². The van der Waals surface area contributed by atoms with Crippen molar-refractivity contribution in [2.45, 2.75) is 38.8 Å². The molecule has 29 heavy (non-hydrogen) atoms. The highest BCUT2D eigenvalue weighted by atomic mass is 32.1. The fourth-order valence-electron chi connectivity index (χ4n) is 3.51. The Morgan fingerprint density at radius 2 is 1.79 bits per heavy atom. The number of para-hydroxylation sites is 1. The first-order valence-corrected chi connectivity index (χ1v) is 10.9. The number of thiophene rings is 1. The molecule has 4 nitrogen and oxygen atoms in total. The van der Waals surface area contributed by atoms with Gasteiger partial charge in [-0.05, 0) is 47.0 Å². The summed E-state index contributed by atoms with van der Waals surface area (Å²) >= 11 is 1.73. The molecule has 0 radical (unpaired) electrons.